The summed E-state index contributed by atoms with van der Waals surface area (Å²) in [6.45, 7) is 6.92. The number of rotatable bonds is 4. The van der Waals surface area contributed by atoms with Crippen molar-refractivity contribution in [3.05, 3.63) is 49.1 Å². The average Bonchev–Trinajstić information content (AvgIpc) is 3.60. The molecule has 2 N–H and O–H groups in total. The Kier molecular flexibility index (Phi) is 4.68. The van der Waals surface area contributed by atoms with E-state index < -0.39 is 0 Å². The number of nitrogen functional groups attached to an aromatic ring is 1. The first kappa shape index (κ1) is 20.5. The second-order valence-corrected chi connectivity index (χ2v) is 9.05. The Bertz CT molecular complexity index is 1390. The van der Waals surface area contributed by atoms with Gasteiger partial charge in [0.2, 0.25) is 17.7 Å². The van der Waals surface area contributed by atoms with Gasteiger partial charge in [-0.3, -0.25) is 4.79 Å². The van der Waals surface area contributed by atoms with Crippen LogP contribution in [0.4, 0.5) is 5.82 Å². The molecule has 0 spiro atoms. The van der Waals surface area contributed by atoms with Crippen LogP contribution in [0.25, 0.3) is 33.7 Å². The van der Waals surface area contributed by atoms with Gasteiger partial charge in [0.1, 0.15) is 17.8 Å². The maximum Gasteiger partial charge on any atom is 0.247 e. The average molecular weight is 457 g/mol. The highest BCUT2D eigenvalue weighted by molar-refractivity contribution is 5.98. The van der Waals surface area contributed by atoms with Gasteiger partial charge in [-0.25, -0.2) is 14.6 Å². The van der Waals surface area contributed by atoms with E-state index in [1.165, 1.54) is 12.4 Å². The van der Waals surface area contributed by atoms with E-state index >= 15 is 0 Å². The van der Waals surface area contributed by atoms with E-state index in [0.717, 1.165) is 53.8 Å². The number of hydrogen-bond acceptors (Lipinski definition) is 8. The Labute approximate surface area is 195 Å². The summed E-state index contributed by atoms with van der Waals surface area (Å²) in [5.74, 6) is 2.32. The number of nitrogens with zero attached hydrogens (tertiary/aromatic N) is 7. The van der Waals surface area contributed by atoms with Crippen LogP contribution in [0, 0.1) is 18.8 Å². The molecule has 1 saturated carbocycles. The summed E-state index contributed by atoms with van der Waals surface area (Å²) in [7, 11) is 0. The van der Waals surface area contributed by atoms with E-state index in [2.05, 4.69) is 26.7 Å². The Morgan fingerprint density at radius 2 is 1.82 bits per heavy atom. The van der Waals surface area contributed by atoms with E-state index in [4.69, 9.17) is 15.2 Å². The quantitative estimate of drug-likeness (QED) is 0.464. The van der Waals surface area contributed by atoms with E-state index in [0.29, 0.717) is 29.4 Å². The molecular weight excluding hydrogens is 432 g/mol. The van der Waals surface area contributed by atoms with Gasteiger partial charge in [0.05, 0.1) is 11.4 Å². The van der Waals surface area contributed by atoms with E-state index in [9.17, 15) is 4.79 Å². The molecule has 3 aromatic heterocycles. The van der Waals surface area contributed by atoms with Crippen LogP contribution >= 0.6 is 0 Å². The Morgan fingerprint density at radius 3 is 2.47 bits per heavy atom. The van der Waals surface area contributed by atoms with Gasteiger partial charge in [-0.05, 0) is 42.9 Å². The van der Waals surface area contributed by atoms with Crippen LogP contribution in [0.2, 0.25) is 0 Å². The van der Waals surface area contributed by atoms with Crippen LogP contribution in [0.15, 0.2) is 47.7 Å². The fourth-order valence-corrected chi connectivity index (χ4v) is 5.41. The summed E-state index contributed by atoms with van der Waals surface area (Å²) in [5.41, 5.74) is 9.53. The summed E-state index contributed by atoms with van der Waals surface area (Å²) in [5, 5.41) is 13.7. The Balaban J connectivity index is 1.34. The largest absolute Gasteiger partial charge is 0.421 e. The third-order valence-corrected chi connectivity index (χ3v) is 7.01. The van der Waals surface area contributed by atoms with Crippen molar-refractivity contribution in [3.8, 4) is 22.7 Å². The predicted molar refractivity (Wildman–Crippen MR) is 125 cm³/mol. The standard InChI is InChI=1S/C24H24N8O2/c1-3-19(33)31-10-16-8-18(9-17(16)11-31)32-23-20(22(25)26-12-27-23)21(30-32)14-4-6-15(7-5-14)24-29-28-13(2)34-24/h3-7,12,16-18H,1,8-11H2,2H3,(H2,25,26,27). The normalized spacial score (nSPS) is 21.8. The van der Waals surface area contributed by atoms with Crippen LogP contribution in [-0.2, 0) is 4.79 Å². The first-order valence-corrected chi connectivity index (χ1v) is 11.3. The molecule has 4 aromatic rings. The molecule has 0 radical (unpaired) electrons. The van der Waals surface area contributed by atoms with E-state index in [1.807, 2.05) is 33.8 Å². The lowest BCUT2D eigenvalue weighted by atomic mass is 10.0. The van der Waals surface area contributed by atoms with Crippen molar-refractivity contribution in [2.24, 2.45) is 11.8 Å². The zero-order valence-corrected chi connectivity index (χ0v) is 18.8. The van der Waals surface area contributed by atoms with Gasteiger partial charge in [-0.15, -0.1) is 10.2 Å². The van der Waals surface area contributed by atoms with Gasteiger partial charge in [0.15, 0.2) is 5.65 Å². The van der Waals surface area contributed by atoms with Crippen LogP contribution in [-0.4, -0.2) is 53.8 Å². The van der Waals surface area contributed by atoms with Gasteiger partial charge >= 0.3 is 0 Å². The lowest BCUT2D eigenvalue weighted by molar-refractivity contribution is -0.125. The molecule has 1 aromatic carbocycles. The zero-order chi connectivity index (χ0) is 23.4. The molecule has 2 aliphatic rings. The van der Waals surface area contributed by atoms with Gasteiger partial charge in [0, 0.05) is 31.1 Å². The molecule has 4 heterocycles. The number of likely N-dealkylation sites (tertiary alicyclic amines) is 1. The molecule has 10 heteroatoms. The number of aryl methyl sites for hydroxylation is 1. The fourth-order valence-electron chi connectivity index (χ4n) is 5.41. The molecule has 0 bridgehead atoms. The van der Waals surface area contributed by atoms with Crippen LogP contribution in [0.5, 0.6) is 0 Å². The number of benzene rings is 1. The van der Waals surface area contributed by atoms with Gasteiger partial charge < -0.3 is 15.1 Å². The van der Waals surface area contributed by atoms with Crippen molar-refractivity contribution >= 4 is 22.8 Å². The minimum absolute atomic E-state index is 0.0115. The molecule has 6 rings (SSSR count). The summed E-state index contributed by atoms with van der Waals surface area (Å²) >= 11 is 0. The lowest BCUT2D eigenvalue weighted by Crippen LogP contribution is -2.28. The second-order valence-electron chi connectivity index (χ2n) is 9.05. The fraction of sp³-hybridized carbons (Fsp3) is 0.333. The minimum Gasteiger partial charge on any atom is -0.421 e. The van der Waals surface area contributed by atoms with Crippen LogP contribution < -0.4 is 5.73 Å². The number of amides is 1. The second kappa shape index (κ2) is 7.75. The zero-order valence-electron chi connectivity index (χ0n) is 18.8. The smallest absolute Gasteiger partial charge is 0.247 e. The summed E-state index contributed by atoms with van der Waals surface area (Å²) in [4.78, 5) is 22.7. The van der Waals surface area contributed by atoms with Gasteiger partial charge in [-0.1, -0.05) is 18.7 Å². The first-order chi connectivity index (χ1) is 16.5. The minimum atomic E-state index is 0.0115. The van der Waals surface area contributed by atoms with Gasteiger partial charge in [0.25, 0.3) is 0 Å². The molecule has 2 fully saturated rings. The van der Waals surface area contributed by atoms with Gasteiger partial charge in [-0.2, -0.15) is 5.10 Å². The number of hydrogen-bond donors (Lipinski definition) is 1. The molecule has 1 aliphatic heterocycles. The molecule has 2 atom stereocenters. The Hall–Kier alpha value is -4.08. The maximum atomic E-state index is 12.0. The molecule has 10 nitrogen and oxygen atoms in total. The monoisotopic (exact) mass is 456 g/mol. The number of carbonyl (C=O) groups is 1. The highest BCUT2D eigenvalue weighted by Gasteiger charge is 2.43. The predicted octanol–water partition coefficient (Wildman–Crippen LogP) is 3.03. The molecule has 1 amide bonds. The van der Waals surface area contributed by atoms with Crippen molar-refractivity contribution in [2.45, 2.75) is 25.8 Å². The summed E-state index contributed by atoms with van der Waals surface area (Å²) in [6.07, 6.45) is 4.78. The molecule has 1 saturated heterocycles. The third-order valence-electron chi connectivity index (χ3n) is 7.01. The maximum absolute atomic E-state index is 12.0. The van der Waals surface area contributed by atoms with Crippen molar-refractivity contribution in [1.82, 2.24) is 34.8 Å². The number of nitrogens with two attached hydrogens (primary N) is 1. The van der Waals surface area contributed by atoms with Crippen molar-refractivity contribution in [3.63, 3.8) is 0 Å². The van der Waals surface area contributed by atoms with Crippen molar-refractivity contribution in [1.29, 1.82) is 0 Å². The summed E-state index contributed by atoms with van der Waals surface area (Å²) < 4.78 is 7.54. The number of aromatic nitrogens is 6. The van der Waals surface area contributed by atoms with Crippen molar-refractivity contribution in [2.75, 3.05) is 18.8 Å². The van der Waals surface area contributed by atoms with Crippen molar-refractivity contribution < 1.29 is 9.21 Å². The number of fused-ring (bicyclic) bond motifs is 2. The SMILES string of the molecule is C=CC(=O)N1CC2CC(n3nc(-c4ccc(-c5nnc(C)o5)cc4)c4c(N)ncnc43)CC2C1. The first-order valence-electron chi connectivity index (χ1n) is 11.3. The molecule has 172 valence electrons. The highest BCUT2D eigenvalue weighted by Crippen LogP contribution is 2.45. The van der Waals surface area contributed by atoms with Crippen LogP contribution in [0.3, 0.4) is 0 Å². The third kappa shape index (κ3) is 3.25. The number of anilines is 1. The van der Waals surface area contributed by atoms with E-state index in [-0.39, 0.29) is 11.9 Å². The van der Waals surface area contributed by atoms with Crippen LogP contribution in [0.1, 0.15) is 24.8 Å². The topological polar surface area (TPSA) is 129 Å². The molecule has 1 aliphatic carbocycles. The Morgan fingerprint density at radius 1 is 1.12 bits per heavy atom. The highest BCUT2D eigenvalue weighted by atomic mass is 16.4. The number of carbonyl (C=O) groups excluding carboxylic acids is 1. The van der Waals surface area contributed by atoms with E-state index in [1.54, 1.807) is 6.92 Å². The molecule has 34 heavy (non-hydrogen) atoms. The molecular formula is C24H24N8O2. The lowest BCUT2D eigenvalue weighted by Gasteiger charge is -2.18. The molecule has 2 unspecified atom stereocenters. The summed E-state index contributed by atoms with van der Waals surface area (Å²) in [6, 6.07) is 7.99.